The van der Waals surface area contributed by atoms with Crippen LogP contribution in [-0.4, -0.2) is 19.7 Å². The van der Waals surface area contributed by atoms with Crippen LogP contribution in [0.4, 0.5) is 17.1 Å². The second-order valence-electron chi connectivity index (χ2n) is 11.8. The summed E-state index contributed by atoms with van der Waals surface area (Å²) in [6, 6.07) is 58.5. The number of rotatable bonds is 7. The fraction of sp³-hybridized carbons (Fsp3) is 0. The van der Waals surface area contributed by atoms with Gasteiger partial charge in [-0.2, -0.15) is 4.98 Å². The van der Waals surface area contributed by atoms with Crippen LogP contribution in [0.5, 0.6) is 0 Å². The van der Waals surface area contributed by atoms with E-state index in [1.807, 2.05) is 66.9 Å². The van der Waals surface area contributed by atoms with Crippen molar-refractivity contribution in [1.82, 2.24) is 19.7 Å². The number of aromatic nitrogens is 4. The van der Waals surface area contributed by atoms with E-state index in [1.165, 1.54) is 0 Å². The van der Waals surface area contributed by atoms with Gasteiger partial charge in [-0.05, 0) is 90.0 Å². The molecule has 3 aromatic heterocycles. The van der Waals surface area contributed by atoms with Gasteiger partial charge in [-0.25, -0.2) is 4.98 Å². The molecule has 0 spiro atoms. The second-order valence-corrected chi connectivity index (χ2v) is 11.8. The van der Waals surface area contributed by atoms with E-state index in [0.29, 0.717) is 11.7 Å². The number of hydrogen-bond acceptors (Lipinski definition) is 5. The minimum absolute atomic E-state index is 0.499. The van der Waals surface area contributed by atoms with Gasteiger partial charge in [-0.1, -0.05) is 96.2 Å². The van der Waals surface area contributed by atoms with Crippen molar-refractivity contribution in [2.75, 3.05) is 4.90 Å². The number of fused-ring (bicyclic) bond motifs is 3. The van der Waals surface area contributed by atoms with Crippen LogP contribution >= 0.6 is 0 Å². The molecule has 3 heterocycles. The molecule has 0 fully saturated rings. The Morgan fingerprint density at radius 2 is 1.10 bits per heavy atom. The fourth-order valence-corrected chi connectivity index (χ4v) is 6.49. The summed E-state index contributed by atoms with van der Waals surface area (Å²) in [5.74, 6) is 1.08. The zero-order valence-corrected chi connectivity index (χ0v) is 26.4. The van der Waals surface area contributed by atoms with Crippen molar-refractivity contribution < 1.29 is 4.52 Å². The lowest BCUT2D eigenvalue weighted by Gasteiger charge is -2.25. The first-order valence-corrected chi connectivity index (χ1v) is 16.2. The molecule has 6 aromatic carbocycles. The summed E-state index contributed by atoms with van der Waals surface area (Å²) in [4.78, 5) is 11.7. The Hall–Kier alpha value is -6.79. The molecule has 0 saturated carbocycles. The molecule has 0 amide bonds. The van der Waals surface area contributed by atoms with Gasteiger partial charge in [0.1, 0.15) is 5.65 Å². The molecule has 9 aromatic rings. The Bertz CT molecular complexity index is 2480. The first kappa shape index (κ1) is 28.4. The molecule has 0 bridgehead atoms. The van der Waals surface area contributed by atoms with Crippen LogP contribution in [0.2, 0.25) is 0 Å². The molecule has 0 saturated heterocycles. The largest absolute Gasteiger partial charge is 0.334 e. The van der Waals surface area contributed by atoms with Gasteiger partial charge < -0.3 is 9.42 Å². The predicted molar refractivity (Wildman–Crippen MR) is 197 cm³/mol. The highest BCUT2D eigenvalue weighted by atomic mass is 16.5. The van der Waals surface area contributed by atoms with Crippen LogP contribution in [0.25, 0.3) is 61.6 Å². The Kier molecular flexibility index (Phi) is 7.02. The Morgan fingerprint density at radius 3 is 1.78 bits per heavy atom. The SMILES string of the molecule is c1ccc(-c2noc(-c3ccc(-c4ccc(-n5c6ccc(N(c7ccccc7)c7ccccc7)cc6c6cccnc65)cc4)cc3)n2)cc1. The number of nitrogens with zero attached hydrogens (tertiary/aromatic N) is 5. The number of para-hydroxylation sites is 2. The molecule has 0 aliphatic heterocycles. The van der Waals surface area contributed by atoms with Crippen molar-refractivity contribution in [2.45, 2.75) is 0 Å². The molecule has 6 nitrogen and oxygen atoms in total. The monoisotopic (exact) mass is 631 g/mol. The van der Waals surface area contributed by atoms with Crippen molar-refractivity contribution in [1.29, 1.82) is 0 Å². The van der Waals surface area contributed by atoms with E-state index in [1.54, 1.807) is 0 Å². The Morgan fingerprint density at radius 1 is 0.490 bits per heavy atom. The molecule has 0 radical (unpaired) electrons. The molecule has 49 heavy (non-hydrogen) atoms. The van der Waals surface area contributed by atoms with Crippen LogP contribution in [0, 0.1) is 0 Å². The summed E-state index contributed by atoms with van der Waals surface area (Å²) in [7, 11) is 0. The lowest BCUT2D eigenvalue weighted by Crippen LogP contribution is -2.09. The Labute approximate surface area is 283 Å². The highest BCUT2D eigenvalue weighted by molar-refractivity contribution is 6.09. The lowest BCUT2D eigenvalue weighted by molar-refractivity contribution is 0.432. The van der Waals surface area contributed by atoms with Crippen molar-refractivity contribution in [2.24, 2.45) is 0 Å². The minimum atomic E-state index is 0.499. The van der Waals surface area contributed by atoms with Gasteiger partial charge in [0.05, 0.1) is 5.52 Å². The van der Waals surface area contributed by atoms with Crippen molar-refractivity contribution in [3.05, 3.63) is 176 Å². The van der Waals surface area contributed by atoms with Crippen LogP contribution < -0.4 is 4.90 Å². The van der Waals surface area contributed by atoms with Gasteiger partial charge in [0.15, 0.2) is 0 Å². The van der Waals surface area contributed by atoms with Gasteiger partial charge in [-0.3, -0.25) is 4.57 Å². The Balaban J connectivity index is 1.06. The normalized spacial score (nSPS) is 11.3. The summed E-state index contributed by atoms with van der Waals surface area (Å²) in [6.45, 7) is 0. The molecule has 0 N–H and O–H groups in total. The summed E-state index contributed by atoms with van der Waals surface area (Å²) < 4.78 is 7.82. The van der Waals surface area contributed by atoms with Gasteiger partial charge in [-0.15, -0.1) is 0 Å². The van der Waals surface area contributed by atoms with Crippen molar-refractivity contribution in [3.8, 4) is 39.7 Å². The number of benzene rings is 6. The zero-order chi connectivity index (χ0) is 32.6. The summed E-state index contributed by atoms with van der Waals surface area (Å²) >= 11 is 0. The van der Waals surface area contributed by atoms with Gasteiger partial charge >= 0.3 is 0 Å². The maximum absolute atomic E-state index is 5.57. The maximum Gasteiger partial charge on any atom is 0.258 e. The third-order valence-electron chi connectivity index (χ3n) is 8.85. The van der Waals surface area contributed by atoms with Gasteiger partial charge in [0.2, 0.25) is 5.82 Å². The average Bonchev–Trinajstić information content (AvgIpc) is 3.80. The zero-order valence-electron chi connectivity index (χ0n) is 26.4. The number of anilines is 3. The van der Waals surface area contributed by atoms with Crippen LogP contribution in [0.3, 0.4) is 0 Å². The van der Waals surface area contributed by atoms with E-state index >= 15 is 0 Å². The van der Waals surface area contributed by atoms with E-state index < -0.39 is 0 Å². The van der Waals surface area contributed by atoms with Crippen LogP contribution in [-0.2, 0) is 0 Å². The van der Waals surface area contributed by atoms with Crippen molar-refractivity contribution in [3.63, 3.8) is 0 Å². The standard InChI is InChI=1S/C43H29N5O/c1-4-11-32(12-5-1)41-45-43(49-46-41)33-20-18-30(19-21-33)31-22-24-36(25-23-31)48-40-27-26-37(29-39(40)38-17-10-28-44-42(38)48)47(34-13-6-2-7-14-34)35-15-8-3-9-16-35/h1-29H. The smallest absolute Gasteiger partial charge is 0.258 e. The van der Waals surface area contributed by atoms with E-state index in [4.69, 9.17) is 9.51 Å². The molecule has 9 rings (SSSR count). The van der Waals surface area contributed by atoms with E-state index in [0.717, 1.165) is 66.9 Å². The van der Waals surface area contributed by atoms with E-state index in [-0.39, 0.29) is 0 Å². The quantitative estimate of drug-likeness (QED) is 0.175. The fourth-order valence-electron chi connectivity index (χ4n) is 6.49. The van der Waals surface area contributed by atoms with Gasteiger partial charge in [0.25, 0.3) is 5.89 Å². The van der Waals surface area contributed by atoms with E-state index in [9.17, 15) is 0 Å². The van der Waals surface area contributed by atoms with Crippen LogP contribution in [0.15, 0.2) is 181 Å². The molecular formula is C43H29N5O. The van der Waals surface area contributed by atoms with Crippen molar-refractivity contribution >= 4 is 39.0 Å². The minimum Gasteiger partial charge on any atom is -0.334 e. The average molecular weight is 632 g/mol. The molecule has 0 unspecified atom stereocenters. The molecule has 0 aliphatic rings. The highest BCUT2D eigenvalue weighted by Gasteiger charge is 2.18. The second kappa shape index (κ2) is 12.1. The molecule has 0 aliphatic carbocycles. The van der Waals surface area contributed by atoms with Gasteiger partial charge in [0, 0.05) is 50.8 Å². The molecule has 0 atom stereocenters. The third kappa shape index (κ3) is 5.22. The summed E-state index contributed by atoms with van der Waals surface area (Å²) in [5, 5.41) is 6.42. The van der Waals surface area contributed by atoms with E-state index in [2.05, 4.69) is 129 Å². The summed E-state index contributed by atoms with van der Waals surface area (Å²) in [6.07, 6.45) is 1.86. The summed E-state index contributed by atoms with van der Waals surface area (Å²) in [5.41, 5.74) is 10.4. The topological polar surface area (TPSA) is 60.0 Å². The first-order chi connectivity index (χ1) is 24.3. The highest BCUT2D eigenvalue weighted by Crippen LogP contribution is 2.39. The molecular weight excluding hydrogens is 603 g/mol. The van der Waals surface area contributed by atoms with Crippen LogP contribution in [0.1, 0.15) is 0 Å². The first-order valence-electron chi connectivity index (χ1n) is 16.2. The lowest BCUT2D eigenvalue weighted by atomic mass is 10.0. The third-order valence-corrected chi connectivity index (χ3v) is 8.85. The maximum atomic E-state index is 5.57. The number of hydrogen-bond donors (Lipinski definition) is 0. The number of pyridine rings is 1. The molecule has 6 heteroatoms. The molecule has 232 valence electrons. The predicted octanol–water partition coefficient (Wildman–Crippen LogP) is 11.0.